The molecule has 0 radical (unpaired) electrons. The number of hydrogen-bond donors (Lipinski definition) is 2. The molecule has 0 aliphatic rings. The molecule has 8 heteroatoms. The van der Waals surface area contributed by atoms with Crippen molar-refractivity contribution in [3.05, 3.63) is 18.0 Å². The molecule has 2 atom stereocenters. The zero-order chi connectivity index (χ0) is 13.9. The van der Waals surface area contributed by atoms with Gasteiger partial charge in [-0.05, 0) is 6.92 Å². The van der Waals surface area contributed by atoms with E-state index in [1.165, 1.54) is 6.20 Å². The number of sulfone groups is 1. The highest BCUT2D eigenvalue weighted by Crippen LogP contribution is 2.08. The van der Waals surface area contributed by atoms with Crippen LogP contribution < -0.4 is 11.1 Å². The van der Waals surface area contributed by atoms with Crippen molar-refractivity contribution in [2.75, 3.05) is 12.0 Å². The van der Waals surface area contributed by atoms with E-state index in [1.807, 2.05) is 0 Å². The molecular formula is C10H18N4O3S. The Kier molecular flexibility index (Phi) is 4.47. The summed E-state index contributed by atoms with van der Waals surface area (Å²) >= 11 is 0. The van der Waals surface area contributed by atoms with E-state index in [2.05, 4.69) is 10.4 Å². The van der Waals surface area contributed by atoms with E-state index in [1.54, 1.807) is 24.9 Å². The molecule has 1 amide bonds. The summed E-state index contributed by atoms with van der Waals surface area (Å²) in [6.45, 7) is 1.62. The van der Waals surface area contributed by atoms with Crippen LogP contribution in [-0.4, -0.2) is 42.2 Å². The molecule has 102 valence electrons. The number of amides is 1. The summed E-state index contributed by atoms with van der Waals surface area (Å²) in [5.74, 6) is -0.530. The van der Waals surface area contributed by atoms with Crippen LogP contribution >= 0.6 is 0 Å². The number of hydrogen-bond acceptors (Lipinski definition) is 5. The standard InChI is InChI=1S/C10H18N4O3S/c1-7(6-18(3,16)17)13-10(15)9(11)8-4-12-14(2)5-8/h4-5,7,9H,6,11H2,1-3H3,(H,13,15). The third kappa shape index (κ3) is 4.46. The van der Waals surface area contributed by atoms with Gasteiger partial charge in [-0.1, -0.05) is 0 Å². The van der Waals surface area contributed by atoms with Gasteiger partial charge in [0.1, 0.15) is 15.9 Å². The number of nitrogens with zero attached hydrogens (tertiary/aromatic N) is 2. The zero-order valence-corrected chi connectivity index (χ0v) is 11.4. The third-order valence-corrected chi connectivity index (χ3v) is 3.41. The summed E-state index contributed by atoms with van der Waals surface area (Å²) in [5.41, 5.74) is 6.33. The van der Waals surface area contributed by atoms with Gasteiger partial charge in [0.2, 0.25) is 5.91 Å². The Morgan fingerprint density at radius 3 is 2.67 bits per heavy atom. The Balaban J connectivity index is 2.60. The second-order valence-electron chi connectivity index (χ2n) is 4.43. The van der Waals surface area contributed by atoms with Gasteiger partial charge >= 0.3 is 0 Å². The Hall–Kier alpha value is -1.41. The van der Waals surface area contributed by atoms with Gasteiger partial charge < -0.3 is 11.1 Å². The highest BCUT2D eigenvalue weighted by molar-refractivity contribution is 7.90. The molecule has 0 aliphatic heterocycles. The molecule has 0 saturated carbocycles. The number of aryl methyl sites for hydroxylation is 1. The van der Waals surface area contributed by atoms with E-state index in [-0.39, 0.29) is 5.75 Å². The van der Waals surface area contributed by atoms with Crippen LogP contribution in [-0.2, 0) is 21.7 Å². The van der Waals surface area contributed by atoms with E-state index in [0.29, 0.717) is 5.56 Å². The number of nitrogens with two attached hydrogens (primary N) is 1. The van der Waals surface area contributed by atoms with Crippen LogP contribution in [0.1, 0.15) is 18.5 Å². The van der Waals surface area contributed by atoms with E-state index in [9.17, 15) is 13.2 Å². The van der Waals surface area contributed by atoms with Crippen molar-refractivity contribution >= 4 is 15.7 Å². The Labute approximate surface area is 106 Å². The van der Waals surface area contributed by atoms with Crippen molar-refractivity contribution in [2.24, 2.45) is 12.8 Å². The molecule has 0 fully saturated rings. The molecule has 1 aromatic heterocycles. The summed E-state index contributed by atoms with van der Waals surface area (Å²) in [6, 6.07) is -1.32. The first-order valence-electron chi connectivity index (χ1n) is 5.41. The van der Waals surface area contributed by atoms with Gasteiger partial charge in [0.05, 0.1) is 11.9 Å². The Bertz CT molecular complexity index is 523. The molecular weight excluding hydrogens is 256 g/mol. The highest BCUT2D eigenvalue weighted by atomic mass is 32.2. The molecule has 18 heavy (non-hydrogen) atoms. The molecule has 0 saturated heterocycles. The van der Waals surface area contributed by atoms with Gasteiger partial charge in [-0.15, -0.1) is 0 Å². The maximum Gasteiger partial charge on any atom is 0.241 e. The monoisotopic (exact) mass is 274 g/mol. The SMILES string of the molecule is CC(CS(C)(=O)=O)NC(=O)C(N)c1cnn(C)c1. The minimum atomic E-state index is -3.13. The largest absolute Gasteiger partial charge is 0.351 e. The van der Waals surface area contributed by atoms with Crippen molar-refractivity contribution in [3.8, 4) is 0 Å². The summed E-state index contributed by atoms with van der Waals surface area (Å²) in [5, 5.41) is 6.48. The van der Waals surface area contributed by atoms with Crippen molar-refractivity contribution in [1.29, 1.82) is 0 Å². The number of nitrogens with one attached hydrogen (secondary N) is 1. The Morgan fingerprint density at radius 1 is 1.61 bits per heavy atom. The molecule has 1 aromatic rings. The van der Waals surface area contributed by atoms with Crippen molar-refractivity contribution < 1.29 is 13.2 Å². The predicted molar refractivity (Wildman–Crippen MR) is 67.5 cm³/mol. The van der Waals surface area contributed by atoms with Gasteiger partial charge in [0, 0.05) is 31.1 Å². The topological polar surface area (TPSA) is 107 Å². The van der Waals surface area contributed by atoms with Crippen LogP contribution in [0, 0.1) is 0 Å². The first kappa shape index (κ1) is 14.7. The first-order chi connectivity index (χ1) is 8.19. The van der Waals surface area contributed by atoms with Crippen LogP contribution in [0.2, 0.25) is 0 Å². The lowest BCUT2D eigenvalue weighted by Gasteiger charge is -2.15. The molecule has 0 aromatic carbocycles. The average Bonchev–Trinajstić information content (AvgIpc) is 2.60. The molecule has 0 spiro atoms. The summed E-state index contributed by atoms with van der Waals surface area (Å²) in [6.07, 6.45) is 4.27. The van der Waals surface area contributed by atoms with E-state index < -0.39 is 27.8 Å². The van der Waals surface area contributed by atoms with Crippen LogP contribution in [0.25, 0.3) is 0 Å². The van der Waals surface area contributed by atoms with Crippen LogP contribution in [0.4, 0.5) is 0 Å². The second kappa shape index (κ2) is 5.49. The smallest absolute Gasteiger partial charge is 0.241 e. The minimum Gasteiger partial charge on any atom is -0.351 e. The molecule has 1 rings (SSSR count). The third-order valence-electron chi connectivity index (χ3n) is 2.31. The summed E-state index contributed by atoms with van der Waals surface area (Å²) in [4.78, 5) is 11.8. The molecule has 1 heterocycles. The van der Waals surface area contributed by atoms with E-state index in [0.717, 1.165) is 6.26 Å². The maximum atomic E-state index is 11.8. The minimum absolute atomic E-state index is 0.113. The molecule has 2 unspecified atom stereocenters. The van der Waals surface area contributed by atoms with E-state index >= 15 is 0 Å². The van der Waals surface area contributed by atoms with Crippen molar-refractivity contribution in [2.45, 2.75) is 19.0 Å². The number of rotatable bonds is 5. The predicted octanol–water partition coefficient (Wildman–Crippen LogP) is -1.03. The number of carbonyl (C=O) groups excluding carboxylic acids is 1. The van der Waals surface area contributed by atoms with Crippen LogP contribution in [0.15, 0.2) is 12.4 Å². The quantitative estimate of drug-likeness (QED) is 0.714. The molecule has 3 N–H and O–H groups in total. The van der Waals surface area contributed by atoms with Gasteiger partial charge in [-0.3, -0.25) is 9.48 Å². The molecule has 7 nitrogen and oxygen atoms in total. The van der Waals surface area contributed by atoms with Gasteiger partial charge in [0.15, 0.2) is 0 Å². The lowest BCUT2D eigenvalue weighted by molar-refractivity contribution is -0.122. The summed E-state index contributed by atoms with van der Waals surface area (Å²) in [7, 11) is -1.40. The van der Waals surface area contributed by atoms with Crippen molar-refractivity contribution in [3.63, 3.8) is 0 Å². The molecule has 0 bridgehead atoms. The lowest BCUT2D eigenvalue weighted by Crippen LogP contribution is -2.42. The number of carbonyl (C=O) groups is 1. The van der Waals surface area contributed by atoms with Crippen LogP contribution in [0.3, 0.4) is 0 Å². The van der Waals surface area contributed by atoms with Gasteiger partial charge in [-0.2, -0.15) is 5.10 Å². The normalized spacial score (nSPS) is 15.1. The first-order valence-corrected chi connectivity index (χ1v) is 7.47. The fourth-order valence-corrected chi connectivity index (χ4v) is 2.57. The molecule has 0 aliphatic carbocycles. The highest BCUT2D eigenvalue weighted by Gasteiger charge is 2.20. The summed E-state index contributed by atoms with van der Waals surface area (Å²) < 4.78 is 23.7. The van der Waals surface area contributed by atoms with Gasteiger partial charge in [-0.25, -0.2) is 8.42 Å². The maximum absolute atomic E-state index is 11.8. The van der Waals surface area contributed by atoms with E-state index in [4.69, 9.17) is 5.73 Å². The Morgan fingerprint density at radius 2 is 2.22 bits per heavy atom. The van der Waals surface area contributed by atoms with Crippen molar-refractivity contribution in [1.82, 2.24) is 15.1 Å². The fraction of sp³-hybridized carbons (Fsp3) is 0.600. The lowest BCUT2D eigenvalue weighted by atomic mass is 10.1. The van der Waals surface area contributed by atoms with Gasteiger partial charge in [0.25, 0.3) is 0 Å². The fourth-order valence-electron chi connectivity index (χ4n) is 1.58. The second-order valence-corrected chi connectivity index (χ2v) is 6.61. The van der Waals surface area contributed by atoms with Crippen LogP contribution in [0.5, 0.6) is 0 Å². The number of aromatic nitrogens is 2. The zero-order valence-electron chi connectivity index (χ0n) is 10.6. The average molecular weight is 274 g/mol.